The summed E-state index contributed by atoms with van der Waals surface area (Å²) in [5.41, 5.74) is 2.37. The van der Waals surface area contributed by atoms with Gasteiger partial charge in [0.05, 0.1) is 0 Å². The largest absolute Gasteiger partial charge is 0.434 e. The summed E-state index contributed by atoms with van der Waals surface area (Å²) >= 11 is 11.8. The molecule has 0 atom stereocenters. The molecule has 0 unspecified atom stereocenters. The highest BCUT2D eigenvalue weighted by Crippen LogP contribution is 2.27. The summed E-state index contributed by atoms with van der Waals surface area (Å²) in [6, 6.07) is 9.96. The van der Waals surface area contributed by atoms with Crippen LogP contribution in [0.15, 0.2) is 36.4 Å². The lowest BCUT2D eigenvalue weighted by molar-refractivity contribution is -0.0504. The molecule has 6 heteroatoms. The molecular formula is C15H13Cl2F2NO. The third kappa shape index (κ3) is 4.48. The number of nitrogens with one attached hydrogen (secondary N) is 1. The Bertz CT molecular complexity index is 635. The van der Waals surface area contributed by atoms with Crippen molar-refractivity contribution in [1.29, 1.82) is 0 Å². The van der Waals surface area contributed by atoms with Crippen molar-refractivity contribution in [2.24, 2.45) is 0 Å². The molecule has 0 aliphatic carbocycles. The average molecular weight is 332 g/mol. The summed E-state index contributed by atoms with van der Waals surface area (Å²) in [6.07, 6.45) is 0. The van der Waals surface area contributed by atoms with Crippen molar-refractivity contribution in [1.82, 2.24) is 0 Å². The van der Waals surface area contributed by atoms with Crippen LogP contribution in [-0.2, 0) is 6.54 Å². The van der Waals surface area contributed by atoms with E-state index in [2.05, 4.69) is 10.1 Å². The monoisotopic (exact) mass is 331 g/mol. The first kappa shape index (κ1) is 15.9. The van der Waals surface area contributed by atoms with Crippen LogP contribution >= 0.6 is 23.2 Å². The molecule has 0 saturated carbocycles. The lowest BCUT2D eigenvalue weighted by Crippen LogP contribution is -2.07. The van der Waals surface area contributed by atoms with E-state index in [-0.39, 0.29) is 5.75 Å². The maximum Gasteiger partial charge on any atom is 0.387 e. The van der Waals surface area contributed by atoms with Gasteiger partial charge in [0.1, 0.15) is 5.75 Å². The third-order valence-electron chi connectivity index (χ3n) is 2.91. The van der Waals surface area contributed by atoms with E-state index in [9.17, 15) is 8.78 Å². The molecule has 0 bridgehead atoms. The molecule has 0 spiro atoms. The standard InChI is InChI=1S/C15H13Cl2F2NO/c1-9-2-3-12(17)7-13(9)20-8-10-6-11(16)4-5-14(10)21-15(18)19/h2-7,15,20H,8H2,1H3. The van der Waals surface area contributed by atoms with E-state index >= 15 is 0 Å². The zero-order valence-electron chi connectivity index (χ0n) is 11.2. The van der Waals surface area contributed by atoms with E-state index in [1.165, 1.54) is 12.1 Å². The maximum absolute atomic E-state index is 12.4. The number of rotatable bonds is 5. The highest BCUT2D eigenvalue weighted by molar-refractivity contribution is 6.31. The van der Waals surface area contributed by atoms with E-state index in [0.29, 0.717) is 22.2 Å². The zero-order chi connectivity index (χ0) is 15.4. The minimum atomic E-state index is -2.88. The van der Waals surface area contributed by atoms with Gasteiger partial charge in [-0.15, -0.1) is 0 Å². The van der Waals surface area contributed by atoms with Crippen molar-refractivity contribution in [3.05, 3.63) is 57.6 Å². The molecule has 0 fully saturated rings. The second-order valence-electron chi connectivity index (χ2n) is 4.44. The predicted molar refractivity (Wildman–Crippen MR) is 81.6 cm³/mol. The van der Waals surface area contributed by atoms with E-state index in [1.54, 1.807) is 18.2 Å². The fourth-order valence-electron chi connectivity index (χ4n) is 1.87. The molecule has 0 radical (unpaired) electrons. The number of hydrogen-bond donors (Lipinski definition) is 1. The van der Waals surface area contributed by atoms with Crippen molar-refractivity contribution in [2.75, 3.05) is 5.32 Å². The smallest absolute Gasteiger partial charge is 0.387 e. The van der Waals surface area contributed by atoms with Gasteiger partial charge in [-0.2, -0.15) is 8.78 Å². The first-order chi connectivity index (χ1) is 9.95. The summed E-state index contributed by atoms with van der Waals surface area (Å²) in [5.74, 6) is 0.0987. The van der Waals surface area contributed by atoms with Gasteiger partial charge in [-0.3, -0.25) is 0 Å². The quantitative estimate of drug-likeness (QED) is 0.779. The molecule has 0 aromatic heterocycles. The molecule has 0 saturated heterocycles. The number of ether oxygens (including phenoxy) is 1. The van der Waals surface area contributed by atoms with Crippen LogP contribution < -0.4 is 10.1 Å². The minimum absolute atomic E-state index is 0.0987. The van der Waals surface area contributed by atoms with Gasteiger partial charge in [0, 0.05) is 27.8 Å². The Morgan fingerprint density at radius 3 is 2.48 bits per heavy atom. The van der Waals surface area contributed by atoms with Crippen LogP contribution in [0.25, 0.3) is 0 Å². The van der Waals surface area contributed by atoms with Crippen LogP contribution in [0.2, 0.25) is 10.0 Å². The zero-order valence-corrected chi connectivity index (χ0v) is 12.7. The third-order valence-corrected chi connectivity index (χ3v) is 3.38. The second kappa shape index (κ2) is 6.96. The Morgan fingerprint density at radius 1 is 1.10 bits per heavy atom. The molecular weight excluding hydrogens is 319 g/mol. The van der Waals surface area contributed by atoms with E-state index < -0.39 is 6.61 Å². The van der Waals surface area contributed by atoms with Gasteiger partial charge < -0.3 is 10.1 Å². The van der Waals surface area contributed by atoms with Gasteiger partial charge in [0.2, 0.25) is 0 Å². The van der Waals surface area contributed by atoms with E-state index in [1.807, 2.05) is 13.0 Å². The second-order valence-corrected chi connectivity index (χ2v) is 5.32. The number of benzene rings is 2. The fourth-order valence-corrected chi connectivity index (χ4v) is 2.24. The SMILES string of the molecule is Cc1ccc(Cl)cc1NCc1cc(Cl)ccc1OC(F)F. The van der Waals surface area contributed by atoms with Crippen molar-refractivity contribution < 1.29 is 13.5 Å². The number of hydrogen-bond acceptors (Lipinski definition) is 2. The number of alkyl halides is 2. The number of anilines is 1. The lowest BCUT2D eigenvalue weighted by atomic mass is 10.1. The van der Waals surface area contributed by atoms with Crippen molar-refractivity contribution in [3.8, 4) is 5.75 Å². The Morgan fingerprint density at radius 2 is 1.76 bits per heavy atom. The average Bonchev–Trinajstić information content (AvgIpc) is 2.42. The fraction of sp³-hybridized carbons (Fsp3) is 0.200. The van der Waals surface area contributed by atoms with Crippen molar-refractivity contribution in [2.45, 2.75) is 20.1 Å². The van der Waals surface area contributed by atoms with Crippen LogP contribution in [0.1, 0.15) is 11.1 Å². The summed E-state index contributed by atoms with van der Waals surface area (Å²) in [6.45, 7) is -0.658. The Labute approximate surface area is 131 Å². The molecule has 0 aliphatic rings. The summed E-state index contributed by atoms with van der Waals surface area (Å²) in [7, 11) is 0. The Kier molecular flexibility index (Phi) is 5.26. The molecule has 21 heavy (non-hydrogen) atoms. The molecule has 1 N–H and O–H groups in total. The van der Waals surface area contributed by atoms with Crippen LogP contribution in [0.3, 0.4) is 0 Å². The minimum Gasteiger partial charge on any atom is -0.434 e. The maximum atomic E-state index is 12.4. The van der Waals surface area contributed by atoms with Gasteiger partial charge in [-0.1, -0.05) is 29.3 Å². The summed E-state index contributed by atoms with van der Waals surface area (Å²) in [4.78, 5) is 0. The molecule has 2 aromatic carbocycles. The summed E-state index contributed by atoms with van der Waals surface area (Å²) < 4.78 is 29.3. The predicted octanol–water partition coefficient (Wildman–Crippen LogP) is 5.52. The normalized spacial score (nSPS) is 10.8. The van der Waals surface area contributed by atoms with Crippen LogP contribution in [0.4, 0.5) is 14.5 Å². The first-order valence-electron chi connectivity index (χ1n) is 6.19. The molecule has 0 heterocycles. The highest BCUT2D eigenvalue weighted by atomic mass is 35.5. The lowest BCUT2D eigenvalue weighted by Gasteiger charge is -2.14. The van der Waals surface area contributed by atoms with Crippen molar-refractivity contribution >= 4 is 28.9 Å². The Hall–Kier alpha value is -1.52. The van der Waals surface area contributed by atoms with Gasteiger partial charge in [-0.05, 0) is 42.8 Å². The van der Waals surface area contributed by atoms with Crippen molar-refractivity contribution in [3.63, 3.8) is 0 Å². The number of aryl methyl sites for hydroxylation is 1. The molecule has 2 aromatic rings. The van der Waals surface area contributed by atoms with Gasteiger partial charge in [0.25, 0.3) is 0 Å². The van der Waals surface area contributed by atoms with Crippen LogP contribution in [0.5, 0.6) is 5.75 Å². The molecule has 0 aliphatic heterocycles. The molecule has 2 rings (SSSR count). The Balaban J connectivity index is 2.18. The van der Waals surface area contributed by atoms with E-state index in [0.717, 1.165) is 11.3 Å². The summed E-state index contributed by atoms with van der Waals surface area (Å²) in [5, 5.41) is 4.19. The topological polar surface area (TPSA) is 21.3 Å². The van der Waals surface area contributed by atoms with Crippen LogP contribution in [0, 0.1) is 6.92 Å². The number of halogens is 4. The van der Waals surface area contributed by atoms with Gasteiger partial charge in [0.15, 0.2) is 0 Å². The molecule has 2 nitrogen and oxygen atoms in total. The van der Waals surface area contributed by atoms with E-state index in [4.69, 9.17) is 23.2 Å². The first-order valence-corrected chi connectivity index (χ1v) is 6.94. The molecule has 0 amide bonds. The van der Waals surface area contributed by atoms with Gasteiger partial charge in [-0.25, -0.2) is 0 Å². The van der Waals surface area contributed by atoms with Crippen LogP contribution in [-0.4, -0.2) is 6.61 Å². The molecule has 112 valence electrons. The highest BCUT2D eigenvalue weighted by Gasteiger charge is 2.10. The van der Waals surface area contributed by atoms with Gasteiger partial charge >= 0.3 is 6.61 Å².